The predicted molar refractivity (Wildman–Crippen MR) is 128 cm³/mol. The Morgan fingerprint density at radius 3 is 2.61 bits per heavy atom. The predicted octanol–water partition coefficient (Wildman–Crippen LogP) is 3.81. The van der Waals surface area contributed by atoms with Gasteiger partial charge >= 0.3 is 0 Å². The van der Waals surface area contributed by atoms with Crippen molar-refractivity contribution in [2.45, 2.75) is 65.5 Å². The zero-order valence-corrected chi connectivity index (χ0v) is 20.1. The van der Waals surface area contributed by atoms with Crippen molar-refractivity contribution < 1.29 is 4.74 Å². The maximum atomic E-state index is 5.53. The number of nitrogens with zero attached hydrogens (tertiary/aromatic N) is 3. The summed E-state index contributed by atoms with van der Waals surface area (Å²) in [5, 5.41) is 6.98. The first-order valence-electron chi connectivity index (χ1n) is 10.6. The molecule has 0 amide bonds. The molecule has 0 spiro atoms. The van der Waals surface area contributed by atoms with Crippen LogP contribution in [0.4, 0.5) is 0 Å². The summed E-state index contributed by atoms with van der Waals surface area (Å²) in [6, 6.07) is 4.47. The number of aliphatic imine (C=N–C) groups is 1. The largest absolute Gasteiger partial charge is 0.478 e. The number of pyridine rings is 1. The molecule has 0 atom stereocenters. The number of hydrogen-bond donors (Lipinski definition) is 2. The minimum Gasteiger partial charge on any atom is -0.478 e. The second-order valence-electron chi connectivity index (χ2n) is 7.16. The Kier molecular flexibility index (Phi) is 13.2. The fourth-order valence-electron chi connectivity index (χ4n) is 3.16. The van der Waals surface area contributed by atoms with Gasteiger partial charge in [-0.3, -0.25) is 0 Å². The summed E-state index contributed by atoms with van der Waals surface area (Å²) in [5.41, 5.74) is 1.09. The number of ether oxygens (including phenoxy) is 1. The van der Waals surface area contributed by atoms with E-state index in [4.69, 9.17) is 9.73 Å². The molecule has 0 radical (unpaired) electrons. The van der Waals surface area contributed by atoms with Gasteiger partial charge in [-0.05, 0) is 44.7 Å². The molecule has 2 N–H and O–H groups in total. The third kappa shape index (κ3) is 9.41. The lowest BCUT2D eigenvalue weighted by molar-refractivity contribution is 0.203. The van der Waals surface area contributed by atoms with E-state index in [1.807, 2.05) is 18.3 Å². The Bertz CT molecular complexity index is 544. The van der Waals surface area contributed by atoms with E-state index >= 15 is 0 Å². The summed E-state index contributed by atoms with van der Waals surface area (Å²) in [7, 11) is 0. The zero-order chi connectivity index (χ0) is 19.3. The summed E-state index contributed by atoms with van der Waals surface area (Å²) < 4.78 is 5.53. The Balaban J connectivity index is 0.00000392. The number of guanidine groups is 1. The molecule has 1 aromatic rings. The van der Waals surface area contributed by atoms with E-state index in [9.17, 15) is 0 Å². The molecule has 7 heteroatoms. The highest BCUT2D eigenvalue weighted by atomic mass is 127. The number of unbranched alkanes of at least 4 members (excludes halogenated alkanes) is 1. The molecule has 0 bridgehead atoms. The van der Waals surface area contributed by atoms with Crippen molar-refractivity contribution in [1.82, 2.24) is 20.5 Å². The van der Waals surface area contributed by atoms with Gasteiger partial charge in [-0.2, -0.15) is 0 Å². The van der Waals surface area contributed by atoms with Crippen LogP contribution in [0, 0.1) is 0 Å². The number of likely N-dealkylation sites (tertiary alicyclic amines) is 1. The zero-order valence-electron chi connectivity index (χ0n) is 17.7. The Morgan fingerprint density at radius 2 is 2.00 bits per heavy atom. The summed E-state index contributed by atoms with van der Waals surface area (Å²) in [5.74, 6) is 1.58. The van der Waals surface area contributed by atoms with Gasteiger partial charge in [0.15, 0.2) is 5.96 Å². The molecule has 0 aliphatic carbocycles. The summed E-state index contributed by atoms with van der Waals surface area (Å²) in [6.45, 7) is 12.2. The molecule has 2 rings (SSSR count). The molecule has 0 aromatic carbocycles. The van der Waals surface area contributed by atoms with Crippen molar-refractivity contribution in [1.29, 1.82) is 0 Å². The van der Waals surface area contributed by atoms with Gasteiger partial charge in [0, 0.05) is 37.9 Å². The van der Waals surface area contributed by atoms with E-state index in [1.54, 1.807) is 0 Å². The molecule has 1 fully saturated rings. The first-order valence-corrected chi connectivity index (χ1v) is 10.6. The van der Waals surface area contributed by atoms with Crippen molar-refractivity contribution >= 4 is 29.9 Å². The first kappa shape index (κ1) is 24.9. The monoisotopic (exact) mass is 503 g/mol. The lowest BCUT2D eigenvalue weighted by Crippen LogP contribution is -2.48. The molecule has 160 valence electrons. The van der Waals surface area contributed by atoms with Crippen LogP contribution in [0.2, 0.25) is 0 Å². The number of hydrogen-bond acceptors (Lipinski definition) is 4. The van der Waals surface area contributed by atoms with Gasteiger partial charge < -0.3 is 20.3 Å². The average molecular weight is 503 g/mol. The fourth-order valence-corrected chi connectivity index (χ4v) is 3.16. The third-order valence-electron chi connectivity index (χ3n) is 4.77. The number of piperidine rings is 1. The molecular weight excluding hydrogens is 465 g/mol. The molecule has 1 aliphatic rings. The average Bonchev–Trinajstić information content (AvgIpc) is 2.71. The highest BCUT2D eigenvalue weighted by Crippen LogP contribution is 2.12. The van der Waals surface area contributed by atoms with E-state index < -0.39 is 0 Å². The molecule has 1 aromatic heterocycles. The van der Waals surface area contributed by atoms with E-state index in [-0.39, 0.29) is 24.0 Å². The van der Waals surface area contributed by atoms with Gasteiger partial charge in [0.25, 0.3) is 0 Å². The topological polar surface area (TPSA) is 61.8 Å². The molecule has 0 unspecified atom stereocenters. The maximum absolute atomic E-state index is 5.53. The summed E-state index contributed by atoms with van der Waals surface area (Å²) in [6.07, 6.45) is 7.78. The van der Waals surface area contributed by atoms with Gasteiger partial charge in [-0.15, -0.1) is 24.0 Å². The molecule has 0 saturated carbocycles. The van der Waals surface area contributed by atoms with Gasteiger partial charge in [-0.25, -0.2) is 9.98 Å². The van der Waals surface area contributed by atoms with Crippen LogP contribution in [0.1, 0.15) is 58.4 Å². The summed E-state index contributed by atoms with van der Waals surface area (Å²) >= 11 is 0. The van der Waals surface area contributed by atoms with Crippen molar-refractivity contribution in [3.05, 3.63) is 23.9 Å². The van der Waals surface area contributed by atoms with Crippen LogP contribution >= 0.6 is 24.0 Å². The lowest BCUT2D eigenvalue weighted by Gasteiger charge is -2.33. The van der Waals surface area contributed by atoms with Crippen molar-refractivity contribution in [2.75, 3.05) is 32.8 Å². The standard InChI is InChI=1S/C21H37N5O.HI/c1-4-7-12-26-13-10-19(11-14-26)25-21(22-6-3)24-17-18-8-9-20(23-16-18)27-15-5-2;/h8-9,16,19H,4-7,10-15,17H2,1-3H3,(H2,22,24,25);1H. The maximum Gasteiger partial charge on any atom is 0.213 e. The lowest BCUT2D eigenvalue weighted by atomic mass is 10.0. The minimum atomic E-state index is 0. The van der Waals surface area contributed by atoms with Crippen molar-refractivity contribution in [2.24, 2.45) is 4.99 Å². The second-order valence-corrected chi connectivity index (χ2v) is 7.16. The van der Waals surface area contributed by atoms with Gasteiger partial charge in [0.1, 0.15) is 0 Å². The van der Waals surface area contributed by atoms with Crippen LogP contribution in [0.15, 0.2) is 23.3 Å². The fraction of sp³-hybridized carbons (Fsp3) is 0.714. The minimum absolute atomic E-state index is 0. The van der Waals surface area contributed by atoms with Crippen molar-refractivity contribution in [3.8, 4) is 5.88 Å². The van der Waals surface area contributed by atoms with Gasteiger partial charge in [-0.1, -0.05) is 26.3 Å². The van der Waals surface area contributed by atoms with Gasteiger partial charge in [0.05, 0.1) is 13.2 Å². The molecule has 28 heavy (non-hydrogen) atoms. The second kappa shape index (κ2) is 14.8. The smallest absolute Gasteiger partial charge is 0.213 e. The first-order chi connectivity index (χ1) is 13.2. The number of halogens is 1. The van der Waals surface area contributed by atoms with E-state index in [0.29, 0.717) is 25.1 Å². The molecule has 1 saturated heterocycles. The normalized spacial score (nSPS) is 15.8. The molecule has 6 nitrogen and oxygen atoms in total. The van der Waals surface area contributed by atoms with Crippen LogP contribution < -0.4 is 15.4 Å². The number of nitrogens with one attached hydrogen (secondary N) is 2. The highest BCUT2D eigenvalue weighted by Gasteiger charge is 2.19. The van der Waals surface area contributed by atoms with Gasteiger partial charge in [0.2, 0.25) is 5.88 Å². The van der Waals surface area contributed by atoms with Crippen LogP contribution in [-0.2, 0) is 6.54 Å². The Hall–Kier alpha value is -1.09. The summed E-state index contributed by atoms with van der Waals surface area (Å²) in [4.78, 5) is 11.7. The quantitative estimate of drug-likeness (QED) is 0.289. The van der Waals surface area contributed by atoms with E-state index in [0.717, 1.165) is 24.5 Å². The molecule has 2 heterocycles. The Morgan fingerprint density at radius 1 is 1.21 bits per heavy atom. The van der Waals surface area contributed by atoms with Crippen molar-refractivity contribution in [3.63, 3.8) is 0 Å². The highest BCUT2D eigenvalue weighted by molar-refractivity contribution is 14.0. The van der Waals surface area contributed by atoms with Crippen LogP contribution in [0.25, 0.3) is 0 Å². The van der Waals surface area contributed by atoms with Crippen LogP contribution in [0.5, 0.6) is 5.88 Å². The SMILES string of the molecule is CCCCN1CCC(NC(=NCc2ccc(OCCC)nc2)NCC)CC1.I. The molecule has 1 aliphatic heterocycles. The number of aromatic nitrogens is 1. The van der Waals surface area contributed by atoms with Crippen LogP contribution in [0.3, 0.4) is 0 Å². The molecular formula is C21H38IN5O. The van der Waals surface area contributed by atoms with E-state index in [1.165, 1.54) is 45.3 Å². The Labute approximate surface area is 187 Å². The van der Waals surface area contributed by atoms with E-state index in [2.05, 4.69) is 41.3 Å². The number of rotatable bonds is 10. The third-order valence-corrected chi connectivity index (χ3v) is 4.77. The van der Waals surface area contributed by atoms with Crippen LogP contribution in [-0.4, -0.2) is 54.7 Å².